The molecule has 11 aromatic rings. The van der Waals surface area contributed by atoms with Crippen molar-refractivity contribution in [3.05, 3.63) is 269 Å². The first-order valence-corrected chi connectivity index (χ1v) is 39.3. The molecule has 16 rings (SSSR count). The number of nitrogens with zero attached hydrogens (tertiary/aromatic N) is 14. The van der Waals surface area contributed by atoms with E-state index in [1.807, 2.05) is 60.8 Å². The molecule has 32 heteroatoms. The first kappa shape index (κ1) is 85.8. The molecule has 0 spiro atoms. The summed E-state index contributed by atoms with van der Waals surface area (Å²) in [6.07, 6.45) is -4.66. The number of esters is 3. The number of benzene rings is 6. The molecule has 6 aromatic carbocycles. The number of nitrogens with one attached hydrogen (secondary N) is 3. The highest BCUT2D eigenvalue weighted by molar-refractivity contribution is 6.02. The molecule has 5 N–H and O–H groups in total. The number of ether oxygens (including phenoxy) is 3. The van der Waals surface area contributed by atoms with Crippen molar-refractivity contribution in [3.63, 3.8) is 0 Å². The van der Waals surface area contributed by atoms with Gasteiger partial charge in [0, 0.05) is 58.9 Å². The number of rotatable bonds is 19. The van der Waals surface area contributed by atoms with Crippen LogP contribution in [0, 0.1) is 55.4 Å². The number of alkyl halides is 3. The maximum absolute atomic E-state index is 13.3. The molecule has 2 atom stereocenters. The Morgan fingerprint density at radius 3 is 1.02 bits per heavy atom. The minimum Gasteiger partial charge on any atom is -0.478 e. The summed E-state index contributed by atoms with van der Waals surface area (Å²) in [5.41, 5.74) is 15.3. The second-order valence-corrected chi connectivity index (χ2v) is 30.1. The second-order valence-electron chi connectivity index (χ2n) is 30.1. The lowest BCUT2D eigenvalue weighted by atomic mass is 10.1. The van der Waals surface area contributed by atoms with Gasteiger partial charge in [0.05, 0.1) is 100 Å². The number of fused-ring (bicyclic) bond motifs is 5. The molecule has 0 bridgehead atoms. The van der Waals surface area contributed by atoms with Crippen molar-refractivity contribution >= 4 is 70.8 Å². The van der Waals surface area contributed by atoms with Crippen LogP contribution >= 0.6 is 0 Å². The Morgan fingerprint density at radius 1 is 0.383 bits per heavy atom. The maximum Gasteiger partial charge on any atom is 0.436 e. The summed E-state index contributed by atoms with van der Waals surface area (Å²) in [6.45, 7) is 29.5. The maximum atomic E-state index is 13.3. The number of anilines is 5. The number of halogens is 3. The van der Waals surface area contributed by atoms with Crippen molar-refractivity contribution in [3.8, 4) is 0 Å². The fraction of sp³-hybridized carbons (Fsp3) is 0.341. The Kier molecular flexibility index (Phi) is 26.4. The molecule has 5 aliphatic rings. The number of aromatic carboxylic acids is 2. The number of hydrogen-bond donors (Lipinski definition) is 5. The third kappa shape index (κ3) is 19.3. The number of aryl methyl sites for hydroxylation is 8. The van der Waals surface area contributed by atoms with Crippen LogP contribution in [0.5, 0.6) is 0 Å². The topological polar surface area (TPSA) is 326 Å². The summed E-state index contributed by atoms with van der Waals surface area (Å²) in [6, 6.07) is 46.8. The molecule has 0 fully saturated rings. The second kappa shape index (κ2) is 37.0. The summed E-state index contributed by atoms with van der Waals surface area (Å²) in [5, 5.41) is 48.5. The molecule has 10 heterocycles. The quantitative estimate of drug-likeness (QED) is 0.0371. The highest BCUT2D eigenvalue weighted by atomic mass is 19.4. The molecule has 0 saturated carbocycles. The number of methoxy groups -OCH3 is 3. The number of carboxylic acids is 2. The van der Waals surface area contributed by atoms with Crippen LogP contribution in [0.2, 0.25) is 0 Å². The molecule has 628 valence electrons. The predicted molar refractivity (Wildman–Crippen MR) is 445 cm³/mol. The number of carbonyl (C=O) groups is 7. The van der Waals surface area contributed by atoms with E-state index < -0.39 is 35.3 Å². The largest absolute Gasteiger partial charge is 0.478 e. The van der Waals surface area contributed by atoms with Gasteiger partial charge in [0.1, 0.15) is 56.9 Å². The van der Waals surface area contributed by atoms with Crippen molar-refractivity contribution in [2.45, 2.75) is 146 Å². The van der Waals surface area contributed by atoms with Crippen molar-refractivity contribution in [2.75, 3.05) is 79.0 Å². The van der Waals surface area contributed by atoms with Gasteiger partial charge in [-0.05, 0) is 127 Å². The Labute approximate surface area is 692 Å². The standard InChI is InChI=1S/C25H28N4O3.C24H26N4O3.C16H19N3O2.C15H17N3O2.C8H8F3N3O2/c1-16-5-7-19(8-6-16)15-28-13-14-29-24(28)22(18(3)27-29)23(30)26-17(2)20-9-11-21(12-10-20)25(31)32-4;1-15-4-6-18(7-5-15)14-27-12-13-28-23(27)21(17(3)26-28)22(29)25-16(2)19-8-10-20(11-9-19)24(30)31;1-11-4-6-13(7-5-11)10-18-8-9-19-15(18)14(12(2)17-19)16(20)21-3;1-10-3-5-12(6-4-10)9-17-7-8-18-14(17)13(15(19)20)11(2)16-18;1-16-7(15)4-5(8(9,10)11)13-14-3-2-12-6(4)14/h5-12,17H,13-15H2,1-4H3,(H,26,30);4-11,16H,12-14H2,1-3H3,(H,25,29)(H,30,31);4-7H,8-10H2,1-3H3;3-6H,7-9H2,1-2H3,(H,19,20);12H,2-3H2,1H3/t17-;16-;;;/m00.../s1. The molecule has 0 unspecified atom stereocenters. The van der Waals surface area contributed by atoms with Gasteiger partial charge in [-0.15, -0.1) is 0 Å². The number of carbonyl (C=O) groups excluding carboxylic acids is 5. The molecule has 120 heavy (non-hydrogen) atoms. The summed E-state index contributed by atoms with van der Waals surface area (Å²) in [4.78, 5) is 92.6. The van der Waals surface area contributed by atoms with Gasteiger partial charge in [-0.3, -0.25) is 9.59 Å². The van der Waals surface area contributed by atoms with Crippen molar-refractivity contribution in [2.24, 2.45) is 0 Å². The third-order valence-corrected chi connectivity index (χ3v) is 21.4. The van der Waals surface area contributed by atoms with Crippen LogP contribution in [0.15, 0.2) is 146 Å². The number of aromatic nitrogens is 10. The predicted octanol–water partition coefficient (Wildman–Crippen LogP) is 13.1. The molecule has 0 radical (unpaired) electrons. The van der Waals surface area contributed by atoms with Crippen LogP contribution in [0.3, 0.4) is 0 Å². The minimum atomic E-state index is -4.66. The Balaban J connectivity index is 0.000000141. The van der Waals surface area contributed by atoms with Gasteiger partial charge in [-0.1, -0.05) is 144 Å². The molecular weight excluding hydrogens is 1540 g/mol. The van der Waals surface area contributed by atoms with E-state index in [0.717, 1.165) is 130 Å². The smallest absolute Gasteiger partial charge is 0.436 e. The Morgan fingerprint density at radius 2 is 0.692 bits per heavy atom. The van der Waals surface area contributed by atoms with E-state index >= 15 is 0 Å². The zero-order valence-electron chi connectivity index (χ0n) is 69.3. The van der Waals surface area contributed by atoms with Crippen LogP contribution in [0.25, 0.3) is 0 Å². The highest BCUT2D eigenvalue weighted by Crippen LogP contribution is 2.38. The van der Waals surface area contributed by atoms with Crippen LogP contribution < -0.4 is 35.6 Å². The van der Waals surface area contributed by atoms with E-state index in [4.69, 9.17) is 14.6 Å². The first-order chi connectivity index (χ1) is 57.3. The number of hydrogen-bond acceptors (Lipinski definition) is 20. The summed E-state index contributed by atoms with van der Waals surface area (Å²) >= 11 is 0. The van der Waals surface area contributed by atoms with E-state index in [-0.39, 0.29) is 47.2 Å². The average Bonchev–Trinajstić information content (AvgIpc) is 1.64. The first-order valence-electron chi connectivity index (χ1n) is 39.3. The van der Waals surface area contributed by atoms with Crippen LogP contribution in [0.4, 0.5) is 42.3 Å². The van der Waals surface area contributed by atoms with Crippen LogP contribution in [-0.2, 0) is 79.3 Å². The van der Waals surface area contributed by atoms with Gasteiger partial charge < -0.3 is 60.0 Å². The highest BCUT2D eigenvalue weighted by Gasteiger charge is 2.43. The lowest BCUT2D eigenvalue weighted by Crippen LogP contribution is -2.29. The summed E-state index contributed by atoms with van der Waals surface area (Å²) in [7, 11) is 3.79. The van der Waals surface area contributed by atoms with Gasteiger partial charge in [0.25, 0.3) is 11.8 Å². The van der Waals surface area contributed by atoms with E-state index in [1.54, 1.807) is 48.0 Å². The molecule has 2 amide bonds. The zero-order valence-corrected chi connectivity index (χ0v) is 69.3. The van der Waals surface area contributed by atoms with Crippen molar-refractivity contribution in [1.29, 1.82) is 0 Å². The van der Waals surface area contributed by atoms with Crippen LogP contribution in [0.1, 0.15) is 183 Å². The average molecular weight is 1640 g/mol. The molecule has 5 aromatic heterocycles. The fourth-order valence-corrected chi connectivity index (χ4v) is 15.1. The van der Waals surface area contributed by atoms with E-state index in [2.05, 4.69) is 191 Å². The van der Waals surface area contributed by atoms with Gasteiger partial charge in [-0.2, -0.15) is 38.7 Å². The molecule has 5 aliphatic heterocycles. The van der Waals surface area contributed by atoms with E-state index in [9.17, 15) is 51.8 Å². The molecule has 0 aliphatic carbocycles. The minimum absolute atomic E-state index is 0.0687. The summed E-state index contributed by atoms with van der Waals surface area (Å²) < 4.78 is 60.4. The van der Waals surface area contributed by atoms with Gasteiger partial charge in [0.15, 0.2) is 5.69 Å². The monoisotopic (exact) mass is 1640 g/mol. The number of carboxylic acid groups (broad SMARTS) is 2. The zero-order chi connectivity index (χ0) is 86.1. The third-order valence-electron chi connectivity index (χ3n) is 21.4. The van der Waals surface area contributed by atoms with Crippen LogP contribution in [-0.4, -0.2) is 155 Å². The fourth-order valence-electron chi connectivity index (χ4n) is 15.1. The van der Waals surface area contributed by atoms with Gasteiger partial charge >= 0.3 is 36.0 Å². The Bertz CT molecular complexity index is 5580. The normalized spacial score (nSPS) is 13.7. The molecule has 29 nitrogen and oxygen atoms in total. The SMILES string of the molecule is COC(=O)c1c(C(F)(F)F)nn2c1NCC2.COC(=O)c1c(C)nn2c1N(Cc1ccc(C)cc1)CC2.COC(=O)c1ccc([C@H](C)NC(=O)c2c(C)nn3c2N(Cc2ccc(C)cc2)CC3)cc1.Cc1ccc(CN2CCn3nc(C)c(C(=O)N[C@@H](C)c4ccc(C(=O)O)cc4)c32)cc1.Cc1ccc(CN2CCn3nc(C)c(C(=O)O)c32)cc1. The lowest BCUT2D eigenvalue weighted by molar-refractivity contribution is -0.142. The van der Waals surface area contributed by atoms with Crippen molar-refractivity contribution < 1.29 is 71.2 Å². The lowest BCUT2D eigenvalue weighted by Gasteiger charge is -2.20. The summed E-state index contributed by atoms with van der Waals surface area (Å²) in [5.74, 6) is -0.538. The van der Waals surface area contributed by atoms with Gasteiger partial charge in [0.2, 0.25) is 0 Å². The van der Waals surface area contributed by atoms with Crippen molar-refractivity contribution in [1.82, 2.24) is 59.5 Å². The van der Waals surface area contributed by atoms with Gasteiger partial charge in [-0.25, -0.2) is 47.4 Å². The molecular formula is C88H98F3N17O12. The van der Waals surface area contributed by atoms with E-state index in [0.29, 0.717) is 58.8 Å². The van der Waals surface area contributed by atoms with E-state index in [1.165, 1.54) is 58.7 Å². The number of amides is 2. The molecule has 0 saturated heterocycles. The Hall–Kier alpha value is -13.6.